The number of hydrogen-bond acceptors (Lipinski definition) is 4. The third-order valence-corrected chi connectivity index (χ3v) is 6.16. The van der Waals surface area contributed by atoms with Crippen LogP contribution in [0.4, 0.5) is 0 Å². The molecule has 5 heteroatoms. The third-order valence-electron chi connectivity index (χ3n) is 3.91. The fourth-order valence-corrected chi connectivity index (χ4v) is 4.45. The minimum Gasteiger partial charge on any atom is -0.497 e. The molecule has 0 heterocycles. The predicted molar refractivity (Wildman–Crippen MR) is 82.8 cm³/mol. The molecule has 0 aliphatic heterocycles. The Bertz CT molecular complexity index is 779. The van der Waals surface area contributed by atoms with E-state index in [0.717, 1.165) is 0 Å². The van der Waals surface area contributed by atoms with E-state index in [9.17, 15) is 13.2 Å². The second-order valence-corrected chi connectivity index (χ2v) is 7.50. The third kappa shape index (κ3) is 2.64. The average molecular weight is 316 g/mol. The van der Waals surface area contributed by atoms with Gasteiger partial charge in [-0.15, -0.1) is 0 Å². The van der Waals surface area contributed by atoms with Crippen LogP contribution in [0.3, 0.4) is 0 Å². The second kappa shape index (κ2) is 5.57. The lowest BCUT2D eigenvalue weighted by Crippen LogP contribution is -2.14. The van der Waals surface area contributed by atoms with Crippen molar-refractivity contribution in [2.45, 2.75) is 16.6 Å². The highest BCUT2D eigenvalue weighted by molar-refractivity contribution is 7.92. The van der Waals surface area contributed by atoms with E-state index in [-0.39, 0.29) is 10.7 Å². The molecule has 0 saturated heterocycles. The molecule has 0 spiro atoms. The molecule has 1 aliphatic rings. The fourth-order valence-electron chi connectivity index (χ4n) is 2.54. The van der Waals surface area contributed by atoms with Gasteiger partial charge < -0.3 is 4.74 Å². The molecule has 1 aliphatic carbocycles. The molecule has 22 heavy (non-hydrogen) atoms. The van der Waals surface area contributed by atoms with Crippen LogP contribution < -0.4 is 4.74 Å². The molecule has 0 aromatic heterocycles. The summed E-state index contributed by atoms with van der Waals surface area (Å²) >= 11 is 0. The molecule has 1 saturated carbocycles. The topological polar surface area (TPSA) is 60.4 Å². The number of carbonyl (C=O) groups excluding carboxylic acids is 1. The summed E-state index contributed by atoms with van der Waals surface area (Å²) in [6.07, 6.45) is 0.391. The van der Waals surface area contributed by atoms with Crippen LogP contribution in [0.1, 0.15) is 16.8 Å². The first-order valence-electron chi connectivity index (χ1n) is 7.01. The van der Waals surface area contributed by atoms with Gasteiger partial charge in [0.15, 0.2) is 15.6 Å². The molecular formula is C17H16O4S. The van der Waals surface area contributed by atoms with Crippen molar-refractivity contribution >= 4 is 15.6 Å². The van der Waals surface area contributed by atoms with Gasteiger partial charge in [0, 0.05) is 11.5 Å². The van der Waals surface area contributed by atoms with E-state index in [4.69, 9.17) is 4.74 Å². The van der Waals surface area contributed by atoms with Gasteiger partial charge in [-0.25, -0.2) is 8.42 Å². The molecule has 2 aromatic carbocycles. The van der Waals surface area contributed by atoms with Gasteiger partial charge in [0.25, 0.3) is 0 Å². The molecule has 3 rings (SSSR count). The summed E-state index contributed by atoms with van der Waals surface area (Å²) in [7, 11) is -1.87. The van der Waals surface area contributed by atoms with Gasteiger partial charge in [-0.1, -0.05) is 18.2 Å². The zero-order valence-corrected chi connectivity index (χ0v) is 12.9. The molecule has 0 unspecified atom stereocenters. The van der Waals surface area contributed by atoms with Crippen molar-refractivity contribution in [2.75, 3.05) is 7.11 Å². The van der Waals surface area contributed by atoms with E-state index in [2.05, 4.69) is 0 Å². The Balaban J connectivity index is 1.77. The van der Waals surface area contributed by atoms with Crippen LogP contribution in [0.5, 0.6) is 5.75 Å². The molecule has 0 bridgehead atoms. The Labute approximate surface area is 129 Å². The lowest BCUT2D eigenvalue weighted by Gasteiger charge is -2.04. The molecule has 4 nitrogen and oxygen atoms in total. The van der Waals surface area contributed by atoms with Gasteiger partial charge in [-0.05, 0) is 42.8 Å². The van der Waals surface area contributed by atoms with Gasteiger partial charge >= 0.3 is 0 Å². The van der Waals surface area contributed by atoms with Gasteiger partial charge in [0.2, 0.25) is 0 Å². The maximum absolute atomic E-state index is 12.5. The highest BCUT2D eigenvalue weighted by Crippen LogP contribution is 2.42. The highest BCUT2D eigenvalue weighted by atomic mass is 32.2. The van der Waals surface area contributed by atoms with Crippen molar-refractivity contribution in [1.29, 1.82) is 0 Å². The Morgan fingerprint density at radius 1 is 1.05 bits per heavy atom. The summed E-state index contributed by atoms with van der Waals surface area (Å²) in [6, 6.07) is 15.0. The van der Waals surface area contributed by atoms with Gasteiger partial charge in [-0.2, -0.15) is 0 Å². The quantitative estimate of drug-likeness (QED) is 0.796. The maximum atomic E-state index is 12.5. The number of rotatable bonds is 5. The SMILES string of the molecule is COc1ccc(C(=O)[C@H]2C[C@@H]2S(=O)(=O)c2ccccc2)cc1. The minimum atomic E-state index is -3.43. The molecule has 1 fully saturated rings. The maximum Gasteiger partial charge on any atom is 0.181 e. The molecule has 0 radical (unpaired) electrons. The van der Waals surface area contributed by atoms with Crippen molar-refractivity contribution in [1.82, 2.24) is 0 Å². The first-order chi connectivity index (χ1) is 10.5. The second-order valence-electron chi connectivity index (χ2n) is 5.33. The normalized spacial score (nSPS) is 20.4. The largest absolute Gasteiger partial charge is 0.497 e. The van der Waals surface area contributed by atoms with Crippen molar-refractivity contribution in [2.24, 2.45) is 5.92 Å². The number of sulfone groups is 1. The summed E-state index contributed by atoms with van der Waals surface area (Å²) in [5.41, 5.74) is 0.525. The van der Waals surface area contributed by atoms with Crippen LogP contribution in [0.2, 0.25) is 0 Å². The summed E-state index contributed by atoms with van der Waals surface area (Å²) in [6.45, 7) is 0. The fraction of sp³-hybridized carbons (Fsp3) is 0.235. The van der Waals surface area contributed by atoms with Gasteiger partial charge in [-0.3, -0.25) is 4.79 Å². The van der Waals surface area contributed by atoms with Crippen molar-refractivity contribution in [3.05, 3.63) is 60.2 Å². The number of ketones is 1. The van der Waals surface area contributed by atoms with E-state index >= 15 is 0 Å². The Morgan fingerprint density at radius 3 is 2.27 bits per heavy atom. The molecule has 114 valence electrons. The predicted octanol–water partition coefficient (Wildman–Crippen LogP) is 2.74. The lowest BCUT2D eigenvalue weighted by atomic mass is 10.1. The van der Waals surface area contributed by atoms with Crippen LogP contribution >= 0.6 is 0 Å². The summed E-state index contributed by atoms with van der Waals surface area (Å²) in [5, 5.41) is -0.607. The smallest absolute Gasteiger partial charge is 0.181 e. The summed E-state index contributed by atoms with van der Waals surface area (Å²) < 4.78 is 30.0. The molecule has 2 atom stereocenters. The van der Waals surface area contributed by atoms with Crippen molar-refractivity contribution in [3.63, 3.8) is 0 Å². The molecule has 2 aromatic rings. The van der Waals surface area contributed by atoms with Crippen LogP contribution in [0, 0.1) is 5.92 Å². The zero-order chi connectivity index (χ0) is 15.7. The number of ether oxygens (including phenoxy) is 1. The standard InChI is InChI=1S/C17H16O4S/c1-21-13-9-7-12(8-10-13)17(18)15-11-16(15)22(19,20)14-5-3-2-4-6-14/h2-10,15-16H,11H2,1H3/t15-,16-/m0/s1. The van der Waals surface area contributed by atoms with Crippen molar-refractivity contribution in [3.8, 4) is 5.75 Å². The highest BCUT2D eigenvalue weighted by Gasteiger charge is 2.52. The van der Waals surface area contributed by atoms with Crippen LogP contribution in [-0.2, 0) is 9.84 Å². The van der Waals surface area contributed by atoms with Crippen LogP contribution in [0.25, 0.3) is 0 Å². The van der Waals surface area contributed by atoms with E-state index in [0.29, 0.717) is 17.7 Å². The summed E-state index contributed by atoms with van der Waals surface area (Å²) in [5.74, 6) is 0.103. The van der Waals surface area contributed by atoms with Crippen molar-refractivity contribution < 1.29 is 17.9 Å². The average Bonchev–Trinajstić information content (AvgIpc) is 3.36. The van der Waals surface area contributed by atoms with E-state index in [1.807, 2.05) is 0 Å². The Kier molecular flexibility index (Phi) is 3.74. The van der Waals surface area contributed by atoms with E-state index in [1.54, 1.807) is 61.7 Å². The zero-order valence-electron chi connectivity index (χ0n) is 12.1. The number of hydrogen-bond donors (Lipinski definition) is 0. The number of carbonyl (C=O) groups is 1. The van der Waals surface area contributed by atoms with E-state index < -0.39 is 21.0 Å². The van der Waals surface area contributed by atoms with Crippen LogP contribution in [-0.4, -0.2) is 26.6 Å². The first-order valence-corrected chi connectivity index (χ1v) is 8.56. The van der Waals surface area contributed by atoms with E-state index in [1.165, 1.54) is 0 Å². The Morgan fingerprint density at radius 2 is 1.68 bits per heavy atom. The number of Topliss-reactive ketones (excluding diaryl/α,β-unsaturated/α-hetero) is 1. The van der Waals surface area contributed by atoms with Gasteiger partial charge in [0.05, 0.1) is 17.3 Å². The molecule has 0 N–H and O–H groups in total. The van der Waals surface area contributed by atoms with Gasteiger partial charge in [0.1, 0.15) is 5.75 Å². The number of methoxy groups -OCH3 is 1. The lowest BCUT2D eigenvalue weighted by molar-refractivity contribution is 0.0968. The molecule has 0 amide bonds. The monoisotopic (exact) mass is 316 g/mol. The number of benzene rings is 2. The van der Waals surface area contributed by atoms with Crippen LogP contribution in [0.15, 0.2) is 59.5 Å². The molecular weight excluding hydrogens is 300 g/mol. The summed E-state index contributed by atoms with van der Waals surface area (Å²) in [4.78, 5) is 12.7. The Hall–Kier alpha value is -2.14. The minimum absolute atomic E-state index is 0.118. The first kappa shape index (κ1) is 14.8.